The first-order valence-corrected chi connectivity index (χ1v) is 21.2. The van der Waals surface area contributed by atoms with Gasteiger partial charge in [0.15, 0.2) is 0 Å². The fraction of sp³-hybridized carbons (Fsp3) is 0.783. The summed E-state index contributed by atoms with van der Waals surface area (Å²) in [6, 6.07) is 9.77. The van der Waals surface area contributed by atoms with Gasteiger partial charge in [-0.2, -0.15) is 45.5 Å². The standard InChI is InChI=1S/C29H53.C17H29.Fe/c1-5-9-13-17-21-26-25-27(22-18-14-10-6-2)29(24-20-16-12-8-4)28(26)23-19-15-11-7-3;1-3-5-7-9-11-16-13-14-17(15-16)12-10-8-6-4-2;/h25H,5-24H2,1-4H3;13-15H,3-12H2,1-2H3;/q2*-1;+2. The molecule has 0 N–H and O–H groups in total. The molecule has 0 aliphatic heterocycles. The summed E-state index contributed by atoms with van der Waals surface area (Å²) in [5.41, 5.74) is 10.2. The largest absolute Gasteiger partial charge is 2.00 e. The molecule has 2 aromatic rings. The number of hydrogen-bond acceptors (Lipinski definition) is 0. The third-order valence-electron chi connectivity index (χ3n) is 10.2. The van der Waals surface area contributed by atoms with Gasteiger partial charge in [-0.05, 0) is 0 Å². The van der Waals surface area contributed by atoms with Gasteiger partial charge in [0.2, 0.25) is 0 Å². The normalized spacial score (nSPS) is 11.0. The maximum atomic E-state index is 2.67. The topological polar surface area (TPSA) is 0 Å². The van der Waals surface area contributed by atoms with Crippen LogP contribution >= 0.6 is 0 Å². The Kier molecular flexibility index (Phi) is 33.1. The van der Waals surface area contributed by atoms with Gasteiger partial charge in [0.05, 0.1) is 0 Å². The summed E-state index contributed by atoms with van der Waals surface area (Å²) in [5, 5.41) is 0. The molecule has 0 saturated heterocycles. The minimum absolute atomic E-state index is 0. The van der Waals surface area contributed by atoms with Crippen molar-refractivity contribution in [3.63, 3.8) is 0 Å². The predicted octanol–water partition coefficient (Wildman–Crippen LogP) is 15.5. The molecule has 0 aliphatic rings. The summed E-state index contributed by atoms with van der Waals surface area (Å²) in [6.07, 6.45) is 41.2. The van der Waals surface area contributed by atoms with Crippen LogP contribution in [0.15, 0.2) is 24.3 Å². The summed E-state index contributed by atoms with van der Waals surface area (Å²) in [7, 11) is 0. The summed E-state index contributed by atoms with van der Waals surface area (Å²) in [5.74, 6) is 0. The van der Waals surface area contributed by atoms with Crippen molar-refractivity contribution in [3.8, 4) is 0 Å². The zero-order valence-electron chi connectivity index (χ0n) is 32.9. The van der Waals surface area contributed by atoms with Crippen LogP contribution in [0.2, 0.25) is 0 Å². The Hall–Kier alpha value is -0.781. The first-order valence-electron chi connectivity index (χ1n) is 21.2. The molecule has 0 heterocycles. The van der Waals surface area contributed by atoms with E-state index in [2.05, 4.69) is 65.8 Å². The summed E-state index contributed by atoms with van der Waals surface area (Å²) in [6.45, 7) is 13.9. The maximum Gasteiger partial charge on any atom is 2.00 e. The Labute approximate surface area is 307 Å². The van der Waals surface area contributed by atoms with Gasteiger partial charge in [0.1, 0.15) is 0 Å². The molecule has 47 heavy (non-hydrogen) atoms. The van der Waals surface area contributed by atoms with Gasteiger partial charge in [0.25, 0.3) is 0 Å². The first kappa shape index (κ1) is 46.2. The van der Waals surface area contributed by atoms with E-state index < -0.39 is 0 Å². The molecule has 0 atom stereocenters. The van der Waals surface area contributed by atoms with Crippen molar-refractivity contribution in [2.45, 2.75) is 234 Å². The van der Waals surface area contributed by atoms with Crippen molar-refractivity contribution in [2.75, 3.05) is 0 Å². The van der Waals surface area contributed by atoms with E-state index in [4.69, 9.17) is 0 Å². The van der Waals surface area contributed by atoms with Gasteiger partial charge in [-0.3, -0.25) is 0 Å². The third kappa shape index (κ3) is 23.3. The number of hydrogen-bond donors (Lipinski definition) is 0. The fourth-order valence-electron chi connectivity index (χ4n) is 7.15. The van der Waals surface area contributed by atoms with Crippen LogP contribution in [-0.4, -0.2) is 0 Å². The maximum absolute atomic E-state index is 2.67. The molecule has 2 aromatic carbocycles. The SMILES string of the molecule is CCCCCCc1c[cH-]c(CCCCCC)c1.CCCCCCc1cc(CCCCCC)[c-](CCCCCC)c1CCCCCC.[Fe+2]. The van der Waals surface area contributed by atoms with Crippen molar-refractivity contribution in [3.05, 3.63) is 57.6 Å². The molecular weight excluding hydrogens is 608 g/mol. The molecule has 0 amide bonds. The molecule has 1 heteroatoms. The molecule has 0 radical (unpaired) electrons. The average molecular weight is 691 g/mol. The van der Waals surface area contributed by atoms with E-state index in [9.17, 15) is 0 Å². The van der Waals surface area contributed by atoms with E-state index in [1.165, 1.54) is 193 Å². The Morgan fingerprint density at radius 1 is 0.447 bits per heavy atom. The van der Waals surface area contributed by atoms with Crippen LogP contribution in [0.3, 0.4) is 0 Å². The van der Waals surface area contributed by atoms with Crippen molar-refractivity contribution in [1.82, 2.24) is 0 Å². The van der Waals surface area contributed by atoms with Gasteiger partial charge in [0, 0.05) is 0 Å². The Morgan fingerprint density at radius 2 is 0.894 bits per heavy atom. The van der Waals surface area contributed by atoms with Crippen molar-refractivity contribution in [2.24, 2.45) is 0 Å². The van der Waals surface area contributed by atoms with Gasteiger partial charge >= 0.3 is 17.1 Å². The van der Waals surface area contributed by atoms with Gasteiger partial charge in [-0.1, -0.05) is 234 Å². The van der Waals surface area contributed by atoms with Crippen LogP contribution in [0.1, 0.15) is 229 Å². The van der Waals surface area contributed by atoms with Gasteiger partial charge in [-0.15, -0.1) is 0 Å². The van der Waals surface area contributed by atoms with Crippen LogP contribution in [0.4, 0.5) is 0 Å². The minimum Gasteiger partial charge on any atom is -0.207 e. The molecule has 0 aromatic heterocycles. The van der Waals surface area contributed by atoms with E-state index in [1.807, 2.05) is 0 Å². The molecule has 2 rings (SSSR count). The Balaban J connectivity index is 0.00000100. The number of unbranched alkanes of at least 4 members (excludes halogenated alkanes) is 18. The second-order valence-corrected chi connectivity index (χ2v) is 14.6. The molecular formula is C46H82Fe. The average Bonchev–Trinajstić information content (AvgIpc) is 3.66. The van der Waals surface area contributed by atoms with Crippen LogP contribution in [0.25, 0.3) is 0 Å². The van der Waals surface area contributed by atoms with Crippen molar-refractivity contribution < 1.29 is 17.1 Å². The minimum atomic E-state index is 0. The summed E-state index contributed by atoms with van der Waals surface area (Å²) >= 11 is 0. The molecule has 274 valence electrons. The quantitative estimate of drug-likeness (QED) is 0.0435. The molecule has 0 spiro atoms. The van der Waals surface area contributed by atoms with Crippen LogP contribution < -0.4 is 0 Å². The van der Waals surface area contributed by atoms with Crippen LogP contribution in [0, 0.1) is 0 Å². The van der Waals surface area contributed by atoms with E-state index >= 15 is 0 Å². The van der Waals surface area contributed by atoms with E-state index in [0.29, 0.717) is 0 Å². The summed E-state index contributed by atoms with van der Waals surface area (Å²) < 4.78 is 0. The van der Waals surface area contributed by atoms with Crippen molar-refractivity contribution >= 4 is 0 Å². The molecule has 0 saturated carbocycles. The van der Waals surface area contributed by atoms with E-state index in [1.54, 1.807) is 33.4 Å². The van der Waals surface area contributed by atoms with Gasteiger partial charge < -0.3 is 0 Å². The smallest absolute Gasteiger partial charge is 0.207 e. The van der Waals surface area contributed by atoms with Gasteiger partial charge in [-0.25, -0.2) is 12.1 Å². The van der Waals surface area contributed by atoms with E-state index in [0.717, 1.165) is 0 Å². The Bertz CT molecular complexity index is 829. The van der Waals surface area contributed by atoms with E-state index in [-0.39, 0.29) is 17.1 Å². The molecule has 0 bridgehead atoms. The molecule has 0 unspecified atom stereocenters. The first-order chi connectivity index (χ1) is 22.6. The van der Waals surface area contributed by atoms with Crippen molar-refractivity contribution in [1.29, 1.82) is 0 Å². The third-order valence-corrected chi connectivity index (χ3v) is 10.2. The monoisotopic (exact) mass is 691 g/mol. The number of rotatable bonds is 30. The zero-order chi connectivity index (χ0) is 33.5. The second-order valence-electron chi connectivity index (χ2n) is 14.6. The fourth-order valence-corrected chi connectivity index (χ4v) is 7.15. The Morgan fingerprint density at radius 3 is 1.43 bits per heavy atom. The van der Waals surface area contributed by atoms with Crippen LogP contribution in [0.5, 0.6) is 0 Å². The zero-order valence-corrected chi connectivity index (χ0v) is 34.0. The molecule has 0 fully saturated rings. The summed E-state index contributed by atoms with van der Waals surface area (Å²) in [4.78, 5) is 0. The molecule has 0 aliphatic carbocycles. The van der Waals surface area contributed by atoms with Crippen LogP contribution in [-0.2, 0) is 55.6 Å². The predicted molar refractivity (Wildman–Crippen MR) is 211 cm³/mol. The molecule has 0 nitrogen and oxygen atoms in total. The number of aryl methyl sites for hydroxylation is 4. The second kappa shape index (κ2) is 33.7.